The van der Waals surface area contributed by atoms with Crippen molar-refractivity contribution in [2.24, 2.45) is 11.1 Å². The zero-order valence-corrected chi connectivity index (χ0v) is 10.7. The fourth-order valence-electron chi connectivity index (χ4n) is 1.90. The van der Waals surface area contributed by atoms with Crippen molar-refractivity contribution in [2.75, 3.05) is 6.61 Å². The van der Waals surface area contributed by atoms with Crippen LogP contribution in [0.5, 0.6) is 5.75 Å². The third-order valence-corrected chi connectivity index (χ3v) is 3.28. The molecule has 1 atom stereocenters. The Bertz CT molecular complexity index is 429. The third-order valence-electron chi connectivity index (χ3n) is 3.28. The van der Waals surface area contributed by atoms with Gasteiger partial charge in [0.25, 0.3) is 0 Å². The zero-order valence-electron chi connectivity index (χ0n) is 10.7. The second-order valence-corrected chi connectivity index (χ2v) is 5.29. The Morgan fingerprint density at radius 2 is 2.33 bits per heavy atom. The minimum absolute atomic E-state index is 0.110. The Balaban J connectivity index is 1.85. The highest BCUT2D eigenvalue weighted by molar-refractivity contribution is 5.20. The zero-order chi connectivity index (χ0) is 13.0. The molecule has 0 spiro atoms. The predicted molar refractivity (Wildman–Crippen MR) is 69.0 cm³/mol. The summed E-state index contributed by atoms with van der Waals surface area (Å²) in [4.78, 5) is 4.32. The smallest absolute Gasteiger partial charge is 0.137 e. The van der Waals surface area contributed by atoms with E-state index in [4.69, 9.17) is 15.7 Å². The molecule has 0 bridgehead atoms. The van der Waals surface area contributed by atoms with Gasteiger partial charge in [-0.15, -0.1) is 0 Å². The molecule has 1 aromatic rings. The lowest BCUT2D eigenvalue weighted by Gasteiger charge is -2.13. The summed E-state index contributed by atoms with van der Waals surface area (Å²) in [6, 6.07) is 6.22. The highest BCUT2D eigenvalue weighted by Crippen LogP contribution is 2.48. The van der Waals surface area contributed by atoms with Crippen molar-refractivity contribution in [1.29, 1.82) is 5.26 Å². The molecular weight excluding hydrogens is 226 g/mol. The first-order valence-electron chi connectivity index (χ1n) is 6.34. The highest BCUT2D eigenvalue weighted by Gasteiger charge is 2.43. The molecule has 1 aliphatic rings. The summed E-state index contributed by atoms with van der Waals surface area (Å²) in [7, 11) is 0. The van der Waals surface area contributed by atoms with E-state index in [1.165, 1.54) is 0 Å². The van der Waals surface area contributed by atoms with Crippen molar-refractivity contribution < 1.29 is 4.74 Å². The average molecular weight is 245 g/mol. The third kappa shape index (κ3) is 3.44. The van der Waals surface area contributed by atoms with E-state index in [9.17, 15) is 0 Å². The normalized spacial score (nSPS) is 17.8. The molecule has 2 N–H and O–H groups in total. The van der Waals surface area contributed by atoms with Crippen LogP contribution in [0.15, 0.2) is 18.3 Å². The maximum Gasteiger partial charge on any atom is 0.137 e. The van der Waals surface area contributed by atoms with Crippen molar-refractivity contribution in [3.63, 3.8) is 0 Å². The number of nitriles is 1. The standard InChI is InChI=1S/C14H19N3O/c1-11(16)8-12-2-3-13(9-17-12)18-10-14(4-5-14)6-7-15/h2-3,9,11H,4-6,8,10,16H2,1H3. The lowest BCUT2D eigenvalue weighted by Crippen LogP contribution is -2.18. The molecule has 1 unspecified atom stereocenters. The molecule has 1 aromatic heterocycles. The van der Waals surface area contributed by atoms with Crippen LogP contribution in [0.1, 0.15) is 31.9 Å². The van der Waals surface area contributed by atoms with Gasteiger partial charge in [0.05, 0.1) is 18.9 Å². The largest absolute Gasteiger partial charge is 0.491 e. The number of pyridine rings is 1. The number of aromatic nitrogens is 1. The number of ether oxygens (including phenoxy) is 1. The molecule has 1 aliphatic carbocycles. The fraction of sp³-hybridized carbons (Fsp3) is 0.571. The lowest BCUT2D eigenvalue weighted by atomic mass is 10.1. The van der Waals surface area contributed by atoms with Gasteiger partial charge in [0.2, 0.25) is 0 Å². The van der Waals surface area contributed by atoms with Crippen molar-refractivity contribution in [1.82, 2.24) is 4.98 Å². The first-order chi connectivity index (χ1) is 8.63. The summed E-state index contributed by atoms with van der Waals surface area (Å²) < 4.78 is 5.70. The molecule has 0 aromatic carbocycles. The van der Waals surface area contributed by atoms with E-state index in [-0.39, 0.29) is 11.5 Å². The molecule has 0 saturated heterocycles. The lowest BCUT2D eigenvalue weighted by molar-refractivity contribution is 0.236. The van der Waals surface area contributed by atoms with Crippen LogP contribution in [0.3, 0.4) is 0 Å². The summed E-state index contributed by atoms with van der Waals surface area (Å²) >= 11 is 0. The number of hydrogen-bond acceptors (Lipinski definition) is 4. The Morgan fingerprint density at radius 1 is 1.56 bits per heavy atom. The number of rotatable bonds is 6. The van der Waals surface area contributed by atoms with Crippen LogP contribution in [-0.2, 0) is 6.42 Å². The van der Waals surface area contributed by atoms with Crippen LogP contribution < -0.4 is 10.5 Å². The number of nitrogens with zero attached hydrogens (tertiary/aromatic N) is 2. The Morgan fingerprint density at radius 3 is 2.83 bits per heavy atom. The predicted octanol–water partition coefficient (Wildman–Crippen LogP) is 2.04. The molecule has 2 rings (SSSR count). The van der Waals surface area contributed by atoms with Crippen molar-refractivity contribution in [3.05, 3.63) is 24.0 Å². The average Bonchev–Trinajstić information content (AvgIpc) is 3.09. The van der Waals surface area contributed by atoms with Gasteiger partial charge < -0.3 is 10.5 Å². The summed E-state index contributed by atoms with van der Waals surface area (Å²) in [5.41, 5.74) is 6.81. The van der Waals surface area contributed by atoms with Gasteiger partial charge in [-0.1, -0.05) is 0 Å². The van der Waals surface area contributed by atoms with Crippen LogP contribution >= 0.6 is 0 Å². The molecule has 0 radical (unpaired) electrons. The Hall–Kier alpha value is -1.60. The van der Waals surface area contributed by atoms with Gasteiger partial charge in [0.1, 0.15) is 5.75 Å². The second kappa shape index (κ2) is 5.36. The molecular formula is C14H19N3O. The maximum atomic E-state index is 8.73. The highest BCUT2D eigenvalue weighted by atomic mass is 16.5. The maximum absolute atomic E-state index is 8.73. The summed E-state index contributed by atoms with van der Waals surface area (Å²) in [5, 5.41) is 8.73. The van der Waals surface area contributed by atoms with E-state index in [0.29, 0.717) is 13.0 Å². The molecule has 1 saturated carbocycles. The molecule has 1 heterocycles. The van der Waals surface area contributed by atoms with E-state index in [1.54, 1.807) is 6.20 Å². The molecule has 0 aliphatic heterocycles. The van der Waals surface area contributed by atoms with Crippen LogP contribution in [0.2, 0.25) is 0 Å². The summed E-state index contributed by atoms with van der Waals surface area (Å²) in [5.74, 6) is 0.771. The van der Waals surface area contributed by atoms with E-state index in [2.05, 4.69) is 11.1 Å². The quantitative estimate of drug-likeness (QED) is 0.832. The first-order valence-corrected chi connectivity index (χ1v) is 6.34. The van der Waals surface area contributed by atoms with Crippen LogP contribution in [-0.4, -0.2) is 17.6 Å². The minimum Gasteiger partial charge on any atom is -0.491 e. The van der Waals surface area contributed by atoms with Gasteiger partial charge in [0, 0.05) is 30.0 Å². The molecule has 18 heavy (non-hydrogen) atoms. The SMILES string of the molecule is CC(N)Cc1ccc(OCC2(CC#N)CC2)cn1. The van der Waals surface area contributed by atoms with E-state index < -0.39 is 0 Å². The van der Waals surface area contributed by atoms with E-state index >= 15 is 0 Å². The van der Waals surface area contributed by atoms with Gasteiger partial charge >= 0.3 is 0 Å². The Labute approximate surface area is 108 Å². The second-order valence-electron chi connectivity index (χ2n) is 5.29. The number of nitrogens with two attached hydrogens (primary N) is 1. The van der Waals surface area contributed by atoms with Gasteiger partial charge in [-0.2, -0.15) is 5.26 Å². The van der Waals surface area contributed by atoms with Crippen LogP contribution in [0, 0.1) is 16.7 Å². The fourth-order valence-corrected chi connectivity index (χ4v) is 1.90. The van der Waals surface area contributed by atoms with Crippen LogP contribution in [0.25, 0.3) is 0 Å². The van der Waals surface area contributed by atoms with Gasteiger partial charge in [-0.3, -0.25) is 4.98 Å². The molecule has 4 nitrogen and oxygen atoms in total. The topological polar surface area (TPSA) is 71.9 Å². The molecule has 4 heteroatoms. The van der Waals surface area contributed by atoms with Gasteiger partial charge in [0.15, 0.2) is 0 Å². The summed E-state index contributed by atoms with van der Waals surface area (Å²) in [6.45, 7) is 2.58. The van der Waals surface area contributed by atoms with Gasteiger partial charge in [-0.25, -0.2) is 0 Å². The Kier molecular flexibility index (Phi) is 3.83. The van der Waals surface area contributed by atoms with Crippen molar-refractivity contribution in [2.45, 2.75) is 38.6 Å². The van der Waals surface area contributed by atoms with Crippen molar-refractivity contribution in [3.8, 4) is 11.8 Å². The molecule has 0 amide bonds. The van der Waals surface area contributed by atoms with E-state index in [1.807, 2.05) is 19.1 Å². The van der Waals surface area contributed by atoms with Crippen LogP contribution in [0.4, 0.5) is 0 Å². The first kappa shape index (κ1) is 12.8. The minimum atomic E-state index is 0.110. The van der Waals surface area contributed by atoms with Gasteiger partial charge in [-0.05, 0) is 31.9 Å². The monoisotopic (exact) mass is 245 g/mol. The summed E-state index contributed by atoms with van der Waals surface area (Å²) in [6.07, 6.45) is 5.29. The molecule has 96 valence electrons. The van der Waals surface area contributed by atoms with E-state index in [0.717, 1.165) is 30.7 Å². The number of hydrogen-bond donors (Lipinski definition) is 1. The molecule has 1 fully saturated rings. The van der Waals surface area contributed by atoms with Crippen molar-refractivity contribution >= 4 is 0 Å².